The molecule has 5 atom stereocenters. The monoisotopic (exact) mass is 282 g/mol. The SMILES string of the molecule is CC1CCC(NC(=O)NC2CCCCC2C(=O)O)C1C. The first-order chi connectivity index (χ1) is 9.49. The van der Waals surface area contributed by atoms with Crippen molar-refractivity contribution in [3.05, 3.63) is 0 Å². The molecule has 2 aliphatic rings. The average molecular weight is 282 g/mol. The van der Waals surface area contributed by atoms with Crippen LogP contribution in [0.4, 0.5) is 4.79 Å². The molecule has 0 aromatic heterocycles. The minimum atomic E-state index is -0.794. The van der Waals surface area contributed by atoms with Crippen molar-refractivity contribution in [2.75, 3.05) is 0 Å². The number of carbonyl (C=O) groups excluding carboxylic acids is 1. The van der Waals surface area contributed by atoms with Crippen molar-refractivity contribution < 1.29 is 14.7 Å². The Morgan fingerprint density at radius 2 is 1.60 bits per heavy atom. The van der Waals surface area contributed by atoms with Gasteiger partial charge in [0.25, 0.3) is 0 Å². The maximum Gasteiger partial charge on any atom is 0.315 e. The Morgan fingerprint density at radius 1 is 0.950 bits per heavy atom. The molecule has 0 aliphatic heterocycles. The highest BCUT2D eigenvalue weighted by Crippen LogP contribution is 2.31. The van der Waals surface area contributed by atoms with Crippen molar-refractivity contribution in [3.8, 4) is 0 Å². The van der Waals surface area contributed by atoms with E-state index in [1.165, 1.54) is 0 Å². The fraction of sp³-hybridized carbons (Fsp3) is 0.867. The summed E-state index contributed by atoms with van der Waals surface area (Å²) in [4.78, 5) is 23.3. The van der Waals surface area contributed by atoms with Crippen LogP contribution in [0, 0.1) is 17.8 Å². The lowest BCUT2D eigenvalue weighted by atomic mass is 9.84. The fourth-order valence-corrected chi connectivity index (χ4v) is 3.55. The normalized spacial score (nSPS) is 37.4. The van der Waals surface area contributed by atoms with Crippen molar-refractivity contribution in [3.63, 3.8) is 0 Å². The van der Waals surface area contributed by atoms with Gasteiger partial charge in [0.1, 0.15) is 0 Å². The molecule has 0 aromatic rings. The first-order valence-electron chi connectivity index (χ1n) is 7.79. The van der Waals surface area contributed by atoms with Crippen LogP contribution in [-0.4, -0.2) is 29.2 Å². The van der Waals surface area contributed by atoms with Gasteiger partial charge >= 0.3 is 12.0 Å². The Kier molecular flexibility index (Phi) is 4.89. The summed E-state index contributed by atoms with van der Waals surface area (Å²) < 4.78 is 0. The first-order valence-corrected chi connectivity index (χ1v) is 7.79. The second-order valence-electron chi connectivity index (χ2n) is 6.47. The fourth-order valence-electron chi connectivity index (χ4n) is 3.55. The van der Waals surface area contributed by atoms with E-state index in [1.54, 1.807) is 0 Å². The molecule has 0 bridgehead atoms. The maximum absolute atomic E-state index is 12.1. The Morgan fingerprint density at radius 3 is 2.20 bits per heavy atom. The minimum Gasteiger partial charge on any atom is -0.481 e. The van der Waals surface area contributed by atoms with Crippen LogP contribution in [0.1, 0.15) is 52.4 Å². The third kappa shape index (κ3) is 3.44. The molecule has 0 spiro atoms. The number of carbonyl (C=O) groups is 2. The molecule has 5 unspecified atom stereocenters. The number of aliphatic carboxylic acids is 1. The summed E-state index contributed by atoms with van der Waals surface area (Å²) in [6, 6.07) is -0.207. The zero-order valence-corrected chi connectivity index (χ0v) is 12.4. The van der Waals surface area contributed by atoms with Gasteiger partial charge in [-0.2, -0.15) is 0 Å². The van der Waals surface area contributed by atoms with Crippen molar-refractivity contribution in [1.29, 1.82) is 0 Å². The molecule has 0 heterocycles. The molecule has 5 heteroatoms. The second kappa shape index (κ2) is 6.46. The Hall–Kier alpha value is -1.26. The zero-order chi connectivity index (χ0) is 14.7. The highest BCUT2D eigenvalue weighted by atomic mass is 16.4. The summed E-state index contributed by atoms with van der Waals surface area (Å²) >= 11 is 0. The van der Waals surface area contributed by atoms with Gasteiger partial charge in [-0.25, -0.2) is 4.79 Å². The summed E-state index contributed by atoms with van der Waals surface area (Å²) in [7, 11) is 0. The molecule has 0 aromatic carbocycles. The van der Waals surface area contributed by atoms with Crippen LogP contribution in [-0.2, 0) is 4.79 Å². The van der Waals surface area contributed by atoms with E-state index in [4.69, 9.17) is 0 Å². The van der Waals surface area contributed by atoms with E-state index in [2.05, 4.69) is 24.5 Å². The quantitative estimate of drug-likeness (QED) is 0.743. The van der Waals surface area contributed by atoms with Crippen LogP contribution in [0.5, 0.6) is 0 Å². The molecule has 2 aliphatic carbocycles. The topological polar surface area (TPSA) is 78.4 Å². The Labute approximate surface area is 120 Å². The average Bonchev–Trinajstić information content (AvgIpc) is 2.71. The van der Waals surface area contributed by atoms with Gasteiger partial charge in [0.2, 0.25) is 0 Å². The summed E-state index contributed by atoms with van der Waals surface area (Å²) in [5.41, 5.74) is 0. The molecule has 114 valence electrons. The van der Waals surface area contributed by atoms with E-state index >= 15 is 0 Å². The van der Waals surface area contributed by atoms with Crippen LogP contribution in [0.15, 0.2) is 0 Å². The number of hydrogen-bond donors (Lipinski definition) is 3. The lowest BCUT2D eigenvalue weighted by molar-refractivity contribution is -0.143. The van der Waals surface area contributed by atoms with E-state index < -0.39 is 11.9 Å². The van der Waals surface area contributed by atoms with Crippen LogP contribution >= 0.6 is 0 Å². The van der Waals surface area contributed by atoms with Crippen molar-refractivity contribution in [2.24, 2.45) is 17.8 Å². The summed E-state index contributed by atoms with van der Waals surface area (Å²) in [6.45, 7) is 4.38. The Bertz CT molecular complexity index is 372. The molecule has 2 saturated carbocycles. The zero-order valence-electron chi connectivity index (χ0n) is 12.4. The summed E-state index contributed by atoms with van der Waals surface area (Å²) in [5.74, 6) is -0.101. The van der Waals surface area contributed by atoms with E-state index in [-0.39, 0.29) is 18.1 Å². The molecule has 0 radical (unpaired) electrons. The van der Waals surface area contributed by atoms with E-state index in [0.29, 0.717) is 18.3 Å². The number of amides is 2. The van der Waals surface area contributed by atoms with Crippen LogP contribution in [0.3, 0.4) is 0 Å². The van der Waals surface area contributed by atoms with Crippen LogP contribution < -0.4 is 10.6 Å². The smallest absolute Gasteiger partial charge is 0.315 e. The van der Waals surface area contributed by atoms with Crippen molar-refractivity contribution >= 4 is 12.0 Å². The first kappa shape index (κ1) is 15.1. The van der Waals surface area contributed by atoms with Crippen molar-refractivity contribution in [2.45, 2.75) is 64.5 Å². The molecule has 20 heavy (non-hydrogen) atoms. The highest BCUT2D eigenvalue weighted by molar-refractivity contribution is 5.77. The van der Waals surface area contributed by atoms with Crippen LogP contribution in [0.25, 0.3) is 0 Å². The van der Waals surface area contributed by atoms with Crippen molar-refractivity contribution in [1.82, 2.24) is 10.6 Å². The molecule has 2 rings (SSSR count). The van der Waals surface area contributed by atoms with Gasteiger partial charge in [-0.1, -0.05) is 26.7 Å². The lowest BCUT2D eigenvalue weighted by Gasteiger charge is -2.30. The molecule has 0 saturated heterocycles. The van der Waals surface area contributed by atoms with Gasteiger partial charge in [0.05, 0.1) is 5.92 Å². The second-order valence-corrected chi connectivity index (χ2v) is 6.47. The number of urea groups is 1. The maximum atomic E-state index is 12.1. The number of carboxylic acid groups (broad SMARTS) is 1. The summed E-state index contributed by atoms with van der Waals surface area (Å²) in [6.07, 6.45) is 5.52. The number of nitrogens with one attached hydrogen (secondary N) is 2. The summed E-state index contributed by atoms with van der Waals surface area (Å²) in [5, 5.41) is 15.1. The number of hydrogen-bond acceptors (Lipinski definition) is 2. The largest absolute Gasteiger partial charge is 0.481 e. The number of carboxylic acids is 1. The van der Waals surface area contributed by atoms with E-state index in [1.807, 2.05) is 0 Å². The predicted octanol–water partition coefficient (Wildman–Crippen LogP) is 2.36. The molecule has 2 amide bonds. The molecule has 5 nitrogen and oxygen atoms in total. The van der Waals surface area contributed by atoms with Gasteiger partial charge < -0.3 is 15.7 Å². The van der Waals surface area contributed by atoms with Crippen LogP contribution in [0.2, 0.25) is 0 Å². The van der Waals surface area contributed by atoms with E-state index in [0.717, 1.165) is 32.1 Å². The third-order valence-corrected chi connectivity index (χ3v) is 5.18. The van der Waals surface area contributed by atoms with Gasteiger partial charge in [-0.3, -0.25) is 4.79 Å². The standard InChI is InChI=1S/C15H26N2O3/c1-9-7-8-12(10(9)2)16-15(20)17-13-6-4-3-5-11(13)14(18)19/h9-13H,3-8H2,1-2H3,(H,18,19)(H2,16,17,20). The van der Waals surface area contributed by atoms with Gasteiger partial charge in [0.15, 0.2) is 0 Å². The predicted molar refractivity (Wildman–Crippen MR) is 76.4 cm³/mol. The molecule has 3 N–H and O–H groups in total. The minimum absolute atomic E-state index is 0.200. The third-order valence-electron chi connectivity index (χ3n) is 5.18. The lowest BCUT2D eigenvalue weighted by Crippen LogP contribution is -2.51. The van der Waals surface area contributed by atoms with Gasteiger partial charge in [-0.15, -0.1) is 0 Å². The molecular formula is C15H26N2O3. The Balaban J connectivity index is 1.85. The van der Waals surface area contributed by atoms with Gasteiger partial charge in [-0.05, 0) is 37.5 Å². The van der Waals surface area contributed by atoms with Gasteiger partial charge in [0, 0.05) is 12.1 Å². The van der Waals surface area contributed by atoms with E-state index in [9.17, 15) is 14.7 Å². The number of rotatable bonds is 3. The molecule has 2 fully saturated rings. The highest BCUT2D eigenvalue weighted by Gasteiger charge is 2.34. The molecular weight excluding hydrogens is 256 g/mol.